The van der Waals surface area contributed by atoms with Gasteiger partial charge in [-0.2, -0.15) is 0 Å². The molecule has 4 atom stereocenters. The molecule has 2 bridgehead atoms. The van der Waals surface area contributed by atoms with Gasteiger partial charge in [0.1, 0.15) is 0 Å². The Morgan fingerprint density at radius 2 is 1.77 bits per heavy atom. The summed E-state index contributed by atoms with van der Waals surface area (Å²) >= 11 is 0. The van der Waals surface area contributed by atoms with Crippen LogP contribution in [0.3, 0.4) is 0 Å². The molecular weight excluding hydrogens is 156 g/mol. The van der Waals surface area contributed by atoms with Crippen LogP contribution in [0.1, 0.15) is 47.5 Å². The van der Waals surface area contributed by atoms with Crippen molar-refractivity contribution in [3.8, 4) is 0 Å². The van der Waals surface area contributed by atoms with Gasteiger partial charge in [0.2, 0.25) is 0 Å². The highest BCUT2D eigenvalue weighted by Gasteiger charge is 2.56. The van der Waals surface area contributed by atoms with E-state index in [0.717, 1.165) is 29.6 Å². The van der Waals surface area contributed by atoms with Crippen LogP contribution in [0.5, 0.6) is 0 Å². The maximum Gasteiger partial charge on any atom is -0.0295 e. The van der Waals surface area contributed by atoms with Gasteiger partial charge in [-0.1, -0.05) is 34.6 Å². The Labute approximate surface area is 83.1 Å². The second kappa shape index (κ2) is 2.74. The molecular formula is C13H24. The predicted octanol–water partition coefficient (Wildman–Crippen LogP) is 3.96. The van der Waals surface area contributed by atoms with Crippen LogP contribution in [0.2, 0.25) is 0 Å². The highest BCUT2D eigenvalue weighted by atomic mass is 14.6. The standard InChI is InChI=1S/C13H24/c1-8(2)11-6-10-7-12(9(11)3)13(10,4)5/h8-12H,6-7H2,1-5H3/t9-,10+,11-,12+/m0/s1. The Kier molecular flexibility index (Phi) is 2.02. The highest BCUT2D eigenvalue weighted by Crippen LogP contribution is 2.63. The molecule has 3 aliphatic carbocycles. The summed E-state index contributed by atoms with van der Waals surface area (Å²) in [5.41, 5.74) is 0.671. The van der Waals surface area contributed by atoms with Gasteiger partial charge in [0.05, 0.1) is 0 Å². The summed E-state index contributed by atoms with van der Waals surface area (Å²) in [6.07, 6.45) is 3.03. The molecule has 3 saturated carbocycles. The monoisotopic (exact) mass is 180 g/mol. The lowest BCUT2D eigenvalue weighted by molar-refractivity contribution is -0.137. The van der Waals surface area contributed by atoms with E-state index < -0.39 is 0 Å². The van der Waals surface area contributed by atoms with E-state index >= 15 is 0 Å². The fourth-order valence-electron chi connectivity index (χ4n) is 4.07. The zero-order valence-electron chi connectivity index (χ0n) is 9.80. The van der Waals surface area contributed by atoms with Gasteiger partial charge in [0.25, 0.3) is 0 Å². The van der Waals surface area contributed by atoms with Crippen LogP contribution in [0.25, 0.3) is 0 Å². The summed E-state index contributed by atoms with van der Waals surface area (Å²) in [5.74, 6) is 4.95. The summed E-state index contributed by atoms with van der Waals surface area (Å²) in [5, 5.41) is 0. The molecule has 13 heavy (non-hydrogen) atoms. The Bertz CT molecular complexity index is 200. The van der Waals surface area contributed by atoms with Crippen LogP contribution >= 0.6 is 0 Å². The SMILES string of the molecule is CC(C)[C@@H]1C[C@@H]2C[C@H]([C@H]1C)C2(C)C. The van der Waals surface area contributed by atoms with Crippen molar-refractivity contribution in [2.24, 2.45) is 35.0 Å². The first kappa shape index (κ1) is 9.55. The van der Waals surface area contributed by atoms with E-state index in [4.69, 9.17) is 0 Å². The van der Waals surface area contributed by atoms with Gasteiger partial charge in [-0.25, -0.2) is 0 Å². The average Bonchev–Trinajstić information content (AvgIpc) is 2.02. The van der Waals surface area contributed by atoms with E-state index in [1.807, 2.05) is 0 Å². The number of fused-ring (bicyclic) bond motifs is 2. The molecule has 0 spiro atoms. The minimum atomic E-state index is 0.671. The minimum absolute atomic E-state index is 0.671. The van der Waals surface area contributed by atoms with Gasteiger partial charge >= 0.3 is 0 Å². The number of hydrogen-bond acceptors (Lipinski definition) is 0. The maximum absolute atomic E-state index is 2.49. The van der Waals surface area contributed by atoms with E-state index in [1.54, 1.807) is 0 Å². The van der Waals surface area contributed by atoms with Crippen molar-refractivity contribution in [2.75, 3.05) is 0 Å². The Hall–Kier alpha value is 0. The Morgan fingerprint density at radius 3 is 2.15 bits per heavy atom. The molecule has 0 aliphatic heterocycles. The predicted molar refractivity (Wildman–Crippen MR) is 57.5 cm³/mol. The normalized spacial score (nSPS) is 47.5. The van der Waals surface area contributed by atoms with Crippen molar-refractivity contribution in [2.45, 2.75) is 47.5 Å². The van der Waals surface area contributed by atoms with Crippen molar-refractivity contribution >= 4 is 0 Å². The second-order valence-electron chi connectivity index (χ2n) is 6.36. The summed E-state index contributed by atoms with van der Waals surface area (Å²) in [6.45, 7) is 12.3. The first-order chi connectivity index (χ1) is 5.94. The van der Waals surface area contributed by atoms with Gasteiger partial charge < -0.3 is 0 Å². The first-order valence-electron chi connectivity index (χ1n) is 5.94. The van der Waals surface area contributed by atoms with Gasteiger partial charge in [0, 0.05) is 0 Å². The molecule has 3 aliphatic rings. The molecule has 0 aromatic heterocycles. The zero-order chi connectivity index (χ0) is 9.80. The lowest BCUT2D eigenvalue weighted by Gasteiger charge is -2.63. The lowest BCUT2D eigenvalue weighted by atomic mass is 9.42. The lowest BCUT2D eigenvalue weighted by Crippen LogP contribution is -2.55. The van der Waals surface area contributed by atoms with E-state index in [2.05, 4.69) is 34.6 Å². The van der Waals surface area contributed by atoms with Crippen molar-refractivity contribution in [3.63, 3.8) is 0 Å². The highest BCUT2D eigenvalue weighted by molar-refractivity contribution is 5.05. The van der Waals surface area contributed by atoms with Gasteiger partial charge in [-0.3, -0.25) is 0 Å². The molecule has 0 radical (unpaired) electrons. The third kappa shape index (κ3) is 1.17. The Morgan fingerprint density at radius 1 is 1.15 bits per heavy atom. The molecule has 3 rings (SSSR count). The first-order valence-corrected chi connectivity index (χ1v) is 5.94. The zero-order valence-corrected chi connectivity index (χ0v) is 9.80. The third-order valence-corrected chi connectivity index (χ3v) is 5.27. The largest absolute Gasteiger partial charge is 0.0625 e. The molecule has 0 heterocycles. The molecule has 0 unspecified atom stereocenters. The van der Waals surface area contributed by atoms with Gasteiger partial charge in [-0.15, -0.1) is 0 Å². The summed E-state index contributed by atoms with van der Waals surface area (Å²) in [7, 11) is 0. The molecule has 0 aromatic carbocycles. The summed E-state index contributed by atoms with van der Waals surface area (Å²) in [4.78, 5) is 0. The van der Waals surface area contributed by atoms with Gasteiger partial charge in [0.15, 0.2) is 0 Å². The van der Waals surface area contributed by atoms with Crippen molar-refractivity contribution in [3.05, 3.63) is 0 Å². The molecule has 76 valence electrons. The molecule has 0 nitrogen and oxygen atoms in total. The number of rotatable bonds is 1. The molecule has 0 aromatic rings. The van der Waals surface area contributed by atoms with E-state index in [0.29, 0.717) is 5.41 Å². The van der Waals surface area contributed by atoms with Crippen molar-refractivity contribution < 1.29 is 0 Å². The van der Waals surface area contributed by atoms with Crippen molar-refractivity contribution in [1.29, 1.82) is 0 Å². The maximum atomic E-state index is 2.49. The summed E-state index contributed by atoms with van der Waals surface area (Å²) in [6, 6.07) is 0. The molecule has 3 fully saturated rings. The van der Waals surface area contributed by atoms with Crippen LogP contribution in [0.4, 0.5) is 0 Å². The second-order valence-corrected chi connectivity index (χ2v) is 6.36. The smallest absolute Gasteiger partial charge is 0.0295 e. The molecule has 0 amide bonds. The average molecular weight is 180 g/mol. The number of hydrogen-bond donors (Lipinski definition) is 0. The quantitative estimate of drug-likeness (QED) is 0.573. The van der Waals surface area contributed by atoms with Crippen molar-refractivity contribution in [1.82, 2.24) is 0 Å². The van der Waals surface area contributed by atoms with Crippen LogP contribution < -0.4 is 0 Å². The van der Waals surface area contributed by atoms with Crippen LogP contribution in [-0.2, 0) is 0 Å². The molecule has 0 saturated heterocycles. The fraction of sp³-hybridized carbons (Fsp3) is 1.00. The summed E-state index contributed by atoms with van der Waals surface area (Å²) < 4.78 is 0. The fourth-order valence-corrected chi connectivity index (χ4v) is 4.07. The van der Waals surface area contributed by atoms with Crippen LogP contribution in [0, 0.1) is 35.0 Å². The molecule has 0 N–H and O–H groups in total. The van der Waals surface area contributed by atoms with Crippen LogP contribution in [0.15, 0.2) is 0 Å². The van der Waals surface area contributed by atoms with E-state index in [9.17, 15) is 0 Å². The molecule has 0 heteroatoms. The van der Waals surface area contributed by atoms with E-state index in [-0.39, 0.29) is 0 Å². The third-order valence-electron chi connectivity index (χ3n) is 5.27. The van der Waals surface area contributed by atoms with Crippen LogP contribution in [-0.4, -0.2) is 0 Å². The van der Waals surface area contributed by atoms with Gasteiger partial charge in [-0.05, 0) is 47.8 Å². The topological polar surface area (TPSA) is 0 Å². The minimum Gasteiger partial charge on any atom is -0.0625 e. The van der Waals surface area contributed by atoms with E-state index in [1.165, 1.54) is 12.8 Å². The Balaban J connectivity index is 2.12.